The van der Waals surface area contributed by atoms with Gasteiger partial charge in [0.2, 0.25) is 0 Å². The first kappa shape index (κ1) is 19.4. The number of aryl methyl sites for hydroxylation is 1. The third kappa shape index (κ3) is 5.31. The molecule has 1 aliphatic heterocycles. The third-order valence-corrected chi connectivity index (χ3v) is 5.13. The van der Waals surface area contributed by atoms with Crippen LogP contribution >= 0.6 is 0 Å². The fourth-order valence-electron chi connectivity index (χ4n) is 3.61. The van der Waals surface area contributed by atoms with Gasteiger partial charge in [-0.15, -0.1) is 0 Å². The molecule has 5 nitrogen and oxygen atoms in total. The van der Waals surface area contributed by atoms with E-state index in [4.69, 9.17) is 4.74 Å². The number of hydrogen-bond donors (Lipinski definition) is 2. The summed E-state index contributed by atoms with van der Waals surface area (Å²) in [5, 5.41) is 6.12. The van der Waals surface area contributed by atoms with Crippen LogP contribution in [0.25, 0.3) is 0 Å². The highest BCUT2D eigenvalue weighted by Gasteiger charge is 2.23. The van der Waals surface area contributed by atoms with Gasteiger partial charge in [0.05, 0.1) is 25.3 Å². The summed E-state index contributed by atoms with van der Waals surface area (Å²) >= 11 is 0. The lowest BCUT2D eigenvalue weighted by molar-refractivity contribution is 0.0167. The van der Waals surface area contributed by atoms with Crippen molar-refractivity contribution in [2.45, 2.75) is 25.9 Å². The molecule has 0 saturated carbocycles. The lowest BCUT2D eigenvalue weighted by Gasteiger charge is -2.35. The summed E-state index contributed by atoms with van der Waals surface area (Å²) in [6.45, 7) is 7.87. The molecule has 144 valence electrons. The van der Waals surface area contributed by atoms with Crippen molar-refractivity contribution < 1.29 is 9.53 Å². The summed E-state index contributed by atoms with van der Waals surface area (Å²) in [5.41, 5.74) is 3.54. The molecule has 1 saturated heterocycles. The molecule has 0 bridgehead atoms. The van der Waals surface area contributed by atoms with E-state index in [1.165, 1.54) is 11.1 Å². The van der Waals surface area contributed by atoms with Gasteiger partial charge >= 0.3 is 6.03 Å². The van der Waals surface area contributed by atoms with Gasteiger partial charge in [-0.05, 0) is 30.5 Å². The van der Waals surface area contributed by atoms with Crippen molar-refractivity contribution in [3.8, 4) is 0 Å². The van der Waals surface area contributed by atoms with Crippen LogP contribution in [-0.4, -0.2) is 43.8 Å². The van der Waals surface area contributed by atoms with Crippen molar-refractivity contribution in [3.63, 3.8) is 0 Å². The molecule has 2 amide bonds. The maximum Gasteiger partial charge on any atom is 0.315 e. The molecule has 0 radical (unpaired) electrons. The van der Waals surface area contributed by atoms with Gasteiger partial charge in [-0.25, -0.2) is 4.79 Å². The number of rotatable bonds is 6. The number of ether oxygens (including phenoxy) is 1. The quantitative estimate of drug-likeness (QED) is 0.822. The van der Waals surface area contributed by atoms with Gasteiger partial charge in [0, 0.05) is 19.6 Å². The van der Waals surface area contributed by atoms with Crippen LogP contribution in [0, 0.1) is 6.92 Å². The van der Waals surface area contributed by atoms with Crippen molar-refractivity contribution >= 4 is 6.03 Å². The Morgan fingerprint density at radius 2 is 1.74 bits per heavy atom. The normalized spacial score (nSPS) is 17.1. The zero-order valence-electron chi connectivity index (χ0n) is 16.2. The van der Waals surface area contributed by atoms with Crippen LogP contribution < -0.4 is 10.6 Å². The van der Waals surface area contributed by atoms with Crippen molar-refractivity contribution in [1.82, 2.24) is 15.5 Å². The standard InChI is InChI=1S/C22H29N3O2/c1-17-8-6-7-11-20(17)18(2)24-22(26)23-16-21(19-9-4-3-5-10-19)25-12-14-27-15-13-25/h3-11,18,21H,12-16H2,1-2H3,(H2,23,24,26)/t18-,21+/m1/s1. The zero-order valence-corrected chi connectivity index (χ0v) is 16.2. The maximum atomic E-state index is 12.5. The number of carbonyl (C=O) groups is 1. The maximum absolute atomic E-state index is 12.5. The van der Waals surface area contributed by atoms with E-state index in [0.717, 1.165) is 31.9 Å². The first-order valence-electron chi connectivity index (χ1n) is 9.62. The lowest BCUT2D eigenvalue weighted by Crippen LogP contribution is -2.46. The highest BCUT2D eigenvalue weighted by Crippen LogP contribution is 2.21. The molecular formula is C22H29N3O2. The van der Waals surface area contributed by atoms with Crippen LogP contribution in [-0.2, 0) is 4.74 Å². The minimum atomic E-state index is -0.139. The number of urea groups is 1. The zero-order chi connectivity index (χ0) is 19.1. The number of nitrogens with one attached hydrogen (secondary N) is 2. The van der Waals surface area contributed by atoms with Crippen LogP contribution in [0.2, 0.25) is 0 Å². The number of amides is 2. The molecule has 0 aliphatic carbocycles. The average molecular weight is 367 g/mol. The van der Waals surface area contributed by atoms with Crippen LogP contribution in [0.5, 0.6) is 0 Å². The molecule has 1 heterocycles. The monoisotopic (exact) mass is 367 g/mol. The Kier molecular flexibility index (Phi) is 6.85. The second-order valence-corrected chi connectivity index (χ2v) is 7.01. The number of benzene rings is 2. The minimum Gasteiger partial charge on any atom is -0.379 e. The summed E-state index contributed by atoms with van der Waals surface area (Å²) in [5.74, 6) is 0. The Morgan fingerprint density at radius 1 is 1.07 bits per heavy atom. The van der Waals surface area contributed by atoms with Gasteiger partial charge in [-0.3, -0.25) is 4.90 Å². The molecule has 0 unspecified atom stereocenters. The Morgan fingerprint density at radius 3 is 2.44 bits per heavy atom. The second-order valence-electron chi connectivity index (χ2n) is 7.01. The second kappa shape index (κ2) is 9.53. The van der Waals surface area contributed by atoms with Crippen molar-refractivity contribution in [2.24, 2.45) is 0 Å². The average Bonchev–Trinajstić information content (AvgIpc) is 2.70. The van der Waals surface area contributed by atoms with Crippen LogP contribution in [0.1, 0.15) is 35.7 Å². The van der Waals surface area contributed by atoms with Gasteiger partial charge in [-0.1, -0.05) is 54.6 Å². The summed E-state index contributed by atoms with van der Waals surface area (Å²) in [6, 6.07) is 18.5. The Hall–Kier alpha value is -2.37. The smallest absolute Gasteiger partial charge is 0.315 e. The molecule has 27 heavy (non-hydrogen) atoms. The van der Waals surface area contributed by atoms with Gasteiger partial charge in [0.1, 0.15) is 0 Å². The number of carbonyl (C=O) groups excluding carboxylic acids is 1. The molecule has 2 aromatic carbocycles. The van der Waals surface area contributed by atoms with E-state index >= 15 is 0 Å². The van der Waals surface area contributed by atoms with E-state index in [2.05, 4.69) is 46.7 Å². The SMILES string of the molecule is Cc1ccccc1[C@@H](C)NC(=O)NC[C@@H](c1ccccc1)N1CCOCC1. The van der Waals surface area contributed by atoms with Gasteiger partial charge in [-0.2, -0.15) is 0 Å². The first-order valence-corrected chi connectivity index (χ1v) is 9.62. The number of hydrogen-bond acceptors (Lipinski definition) is 3. The van der Waals surface area contributed by atoms with E-state index in [9.17, 15) is 4.79 Å². The van der Waals surface area contributed by atoms with E-state index in [1.807, 2.05) is 37.3 Å². The molecule has 0 spiro atoms. The highest BCUT2D eigenvalue weighted by atomic mass is 16.5. The molecule has 2 N–H and O–H groups in total. The molecule has 2 atom stereocenters. The van der Waals surface area contributed by atoms with Crippen LogP contribution in [0.4, 0.5) is 4.79 Å². The Balaban J connectivity index is 1.61. The Bertz CT molecular complexity index is 729. The molecule has 1 aliphatic rings. The fourth-order valence-corrected chi connectivity index (χ4v) is 3.61. The van der Waals surface area contributed by atoms with Gasteiger partial charge in [0.15, 0.2) is 0 Å². The first-order chi connectivity index (χ1) is 13.1. The van der Waals surface area contributed by atoms with E-state index in [1.54, 1.807) is 0 Å². The minimum absolute atomic E-state index is 0.0373. The van der Waals surface area contributed by atoms with Crippen LogP contribution in [0.15, 0.2) is 54.6 Å². The largest absolute Gasteiger partial charge is 0.379 e. The molecule has 0 aromatic heterocycles. The topological polar surface area (TPSA) is 53.6 Å². The number of nitrogens with zero attached hydrogens (tertiary/aromatic N) is 1. The van der Waals surface area contributed by atoms with E-state index in [0.29, 0.717) is 6.54 Å². The van der Waals surface area contributed by atoms with Crippen molar-refractivity contribution in [3.05, 3.63) is 71.3 Å². The fraction of sp³-hybridized carbons (Fsp3) is 0.409. The highest BCUT2D eigenvalue weighted by molar-refractivity contribution is 5.74. The molecular weight excluding hydrogens is 338 g/mol. The van der Waals surface area contributed by atoms with Crippen molar-refractivity contribution in [1.29, 1.82) is 0 Å². The lowest BCUT2D eigenvalue weighted by atomic mass is 10.0. The van der Waals surface area contributed by atoms with Gasteiger partial charge in [0.25, 0.3) is 0 Å². The van der Waals surface area contributed by atoms with Crippen LogP contribution in [0.3, 0.4) is 0 Å². The van der Waals surface area contributed by atoms with Gasteiger partial charge < -0.3 is 15.4 Å². The molecule has 1 fully saturated rings. The third-order valence-electron chi connectivity index (χ3n) is 5.13. The predicted octanol–water partition coefficient (Wildman–Crippen LogP) is 3.43. The summed E-state index contributed by atoms with van der Waals surface area (Å²) in [6.07, 6.45) is 0. The van der Waals surface area contributed by atoms with Crippen molar-refractivity contribution in [2.75, 3.05) is 32.8 Å². The predicted molar refractivity (Wildman–Crippen MR) is 108 cm³/mol. The van der Waals surface area contributed by atoms with E-state index in [-0.39, 0.29) is 18.1 Å². The molecule has 3 rings (SSSR count). The molecule has 5 heteroatoms. The van der Waals surface area contributed by atoms with E-state index < -0.39 is 0 Å². The number of morpholine rings is 1. The summed E-state index contributed by atoms with van der Waals surface area (Å²) in [7, 11) is 0. The Labute approximate surface area is 161 Å². The summed E-state index contributed by atoms with van der Waals surface area (Å²) < 4.78 is 5.48. The molecule has 2 aromatic rings. The summed E-state index contributed by atoms with van der Waals surface area (Å²) in [4.78, 5) is 14.9.